The molecule has 0 atom stereocenters. The van der Waals surface area contributed by atoms with E-state index in [1.54, 1.807) is 6.20 Å². The fourth-order valence-electron chi connectivity index (χ4n) is 2.78. The van der Waals surface area contributed by atoms with Crippen molar-refractivity contribution in [2.75, 3.05) is 42.3 Å². The van der Waals surface area contributed by atoms with Crippen LogP contribution in [0.2, 0.25) is 0 Å². The molecule has 22 heavy (non-hydrogen) atoms. The minimum atomic E-state index is -0.0206. The first-order valence-electron chi connectivity index (χ1n) is 7.40. The van der Waals surface area contributed by atoms with Crippen LogP contribution < -0.4 is 15.1 Å². The van der Waals surface area contributed by atoms with Crippen LogP contribution in [0.4, 0.5) is 17.2 Å². The highest BCUT2D eigenvalue weighted by Crippen LogP contribution is 2.27. The Morgan fingerprint density at radius 1 is 1.27 bits per heavy atom. The summed E-state index contributed by atoms with van der Waals surface area (Å²) in [7, 11) is 3.82. The number of carbonyl (C=O) groups is 1. The highest BCUT2D eigenvalue weighted by molar-refractivity contribution is 5.96. The summed E-state index contributed by atoms with van der Waals surface area (Å²) in [6.07, 6.45) is 2.72. The van der Waals surface area contributed by atoms with Crippen LogP contribution in [0.15, 0.2) is 42.6 Å². The van der Waals surface area contributed by atoms with Gasteiger partial charge in [0.2, 0.25) is 5.91 Å². The third kappa shape index (κ3) is 2.88. The Morgan fingerprint density at radius 2 is 2.09 bits per heavy atom. The quantitative estimate of drug-likeness (QED) is 0.939. The maximum atomic E-state index is 12.4. The van der Waals surface area contributed by atoms with Crippen LogP contribution in [0.3, 0.4) is 0 Å². The van der Waals surface area contributed by atoms with Crippen LogP contribution in [0, 0.1) is 0 Å². The van der Waals surface area contributed by atoms with Gasteiger partial charge < -0.3 is 15.1 Å². The van der Waals surface area contributed by atoms with Crippen molar-refractivity contribution in [2.24, 2.45) is 0 Å². The number of hydrogen-bond acceptors (Lipinski definition) is 4. The minimum absolute atomic E-state index is 0.0206. The Bertz CT molecular complexity index is 684. The molecule has 3 rings (SSSR count). The van der Waals surface area contributed by atoms with Crippen LogP contribution in [0.5, 0.6) is 0 Å². The van der Waals surface area contributed by atoms with Gasteiger partial charge in [0.15, 0.2) is 5.82 Å². The lowest BCUT2D eigenvalue weighted by Gasteiger charge is -2.20. The smallest absolute Gasteiger partial charge is 0.243 e. The zero-order valence-corrected chi connectivity index (χ0v) is 12.9. The number of amides is 1. The van der Waals surface area contributed by atoms with Crippen LogP contribution in [-0.4, -0.2) is 38.1 Å². The van der Waals surface area contributed by atoms with Gasteiger partial charge in [0.1, 0.15) is 0 Å². The molecule has 0 unspecified atom stereocenters. The number of nitrogens with zero attached hydrogens (tertiary/aromatic N) is 3. The predicted octanol–water partition coefficient (Wildman–Crippen LogP) is 2.15. The lowest BCUT2D eigenvalue weighted by molar-refractivity contribution is -0.115. The number of hydrogen-bond donors (Lipinski definition) is 1. The van der Waals surface area contributed by atoms with Crippen LogP contribution in [-0.2, 0) is 11.2 Å². The average molecular weight is 296 g/mol. The Morgan fingerprint density at radius 3 is 2.91 bits per heavy atom. The third-order valence-electron chi connectivity index (χ3n) is 3.80. The topological polar surface area (TPSA) is 48.5 Å². The Balaban J connectivity index is 1.70. The van der Waals surface area contributed by atoms with E-state index in [1.807, 2.05) is 43.3 Å². The molecule has 1 amide bonds. The number of rotatable bonds is 4. The fraction of sp³-hybridized carbons (Fsp3) is 0.294. The molecule has 0 aliphatic carbocycles. The summed E-state index contributed by atoms with van der Waals surface area (Å²) >= 11 is 0. The number of anilines is 3. The number of fused-ring (bicyclic) bond motifs is 1. The van der Waals surface area contributed by atoms with Crippen molar-refractivity contribution in [3.05, 3.63) is 48.2 Å². The van der Waals surface area contributed by atoms with Gasteiger partial charge in [0, 0.05) is 32.5 Å². The van der Waals surface area contributed by atoms with E-state index in [0.717, 1.165) is 30.2 Å². The third-order valence-corrected chi connectivity index (χ3v) is 3.80. The lowest BCUT2D eigenvalue weighted by atomic mass is 10.2. The number of carbonyl (C=O) groups excluding carboxylic acids is 1. The summed E-state index contributed by atoms with van der Waals surface area (Å²) in [5, 5.41) is 2.96. The predicted molar refractivity (Wildman–Crippen MR) is 89.6 cm³/mol. The first-order chi connectivity index (χ1) is 10.6. The average Bonchev–Trinajstić information content (AvgIpc) is 2.91. The maximum Gasteiger partial charge on any atom is 0.243 e. The second-order valence-electron chi connectivity index (χ2n) is 5.62. The summed E-state index contributed by atoms with van der Waals surface area (Å²) < 4.78 is 0. The fourth-order valence-corrected chi connectivity index (χ4v) is 2.78. The van der Waals surface area contributed by atoms with Gasteiger partial charge in [-0.25, -0.2) is 4.98 Å². The molecule has 0 bridgehead atoms. The Labute approximate surface area is 130 Å². The summed E-state index contributed by atoms with van der Waals surface area (Å²) in [6, 6.07) is 12.0. The van der Waals surface area contributed by atoms with Gasteiger partial charge in [-0.2, -0.15) is 0 Å². The van der Waals surface area contributed by atoms with Gasteiger partial charge in [0.25, 0.3) is 0 Å². The SMILES string of the molecule is CN(C)c1ncccc1NC(=O)CN1CCc2ccccc21. The first kappa shape index (κ1) is 14.4. The van der Waals surface area contributed by atoms with Crippen molar-refractivity contribution in [3.8, 4) is 0 Å². The zero-order valence-electron chi connectivity index (χ0n) is 12.9. The van der Waals surface area contributed by atoms with Gasteiger partial charge in [-0.3, -0.25) is 4.79 Å². The van der Waals surface area contributed by atoms with E-state index in [4.69, 9.17) is 0 Å². The number of para-hydroxylation sites is 1. The second kappa shape index (κ2) is 6.05. The standard InChI is InChI=1S/C17H20N4O/c1-20(2)17-14(7-5-10-18-17)19-16(22)12-21-11-9-13-6-3-4-8-15(13)21/h3-8,10H,9,11-12H2,1-2H3,(H,19,22). The molecule has 114 valence electrons. The first-order valence-corrected chi connectivity index (χ1v) is 7.40. The maximum absolute atomic E-state index is 12.4. The lowest BCUT2D eigenvalue weighted by Crippen LogP contribution is -2.32. The van der Waals surface area contributed by atoms with Gasteiger partial charge >= 0.3 is 0 Å². The van der Waals surface area contributed by atoms with E-state index in [-0.39, 0.29) is 5.91 Å². The Hall–Kier alpha value is -2.56. The molecular weight excluding hydrogens is 276 g/mol. The summed E-state index contributed by atoms with van der Waals surface area (Å²) in [4.78, 5) is 20.7. The van der Waals surface area contributed by atoms with E-state index >= 15 is 0 Å². The van der Waals surface area contributed by atoms with Gasteiger partial charge in [-0.05, 0) is 30.2 Å². The number of benzene rings is 1. The molecule has 0 saturated carbocycles. The van der Waals surface area contributed by atoms with Gasteiger partial charge in [0.05, 0.1) is 12.2 Å². The van der Waals surface area contributed by atoms with Gasteiger partial charge in [-0.15, -0.1) is 0 Å². The molecule has 0 spiro atoms. The molecule has 0 fully saturated rings. The van der Waals surface area contributed by atoms with Crippen molar-refractivity contribution >= 4 is 23.1 Å². The molecular formula is C17H20N4O. The highest BCUT2D eigenvalue weighted by Gasteiger charge is 2.21. The molecule has 1 aromatic carbocycles. The molecule has 1 aliphatic heterocycles. The summed E-state index contributed by atoms with van der Waals surface area (Å²) in [5.41, 5.74) is 3.22. The van der Waals surface area contributed by atoms with Crippen molar-refractivity contribution in [2.45, 2.75) is 6.42 Å². The molecule has 0 saturated heterocycles. The van der Waals surface area contributed by atoms with Crippen LogP contribution >= 0.6 is 0 Å². The van der Waals surface area contributed by atoms with Crippen molar-refractivity contribution < 1.29 is 4.79 Å². The normalized spacial score (nSPS) is 12.9. The van der Waals surface area contributed by atoms with Crippen LogP contribution in [0.1, 0.15) is 5.56 Å². The molecule has 2 heterocycles. The zero-order chi connectivity index (χ0) is 15.5. The molecule has 0 radical (unpaired) electrons. The van der Waals surface area contributed by atoms with E-state index in [1.165, 1.54) is 5.56 Å². The number of pyridine rings is 1. The van der Waals surface area contributed by atoms with E-state index in [2.05, 4.69) is 27.3 Å². The molecule has 5 heteroatoms. The monoisotopic (exact) mass is 296 g/mol. The molecule has 5 nitrogen and oxygen atoms in total. The summed E-state index contributed by atoms with van der Waals surface area (Å²) in [6.45, 7) is 1.25. The molecule has 1 aliphatic rings. The molecule has 1 N–H and O–H groups in total. The number of aromatic nitrogens is 1. The molecule has 2 aromatic rings. The van der Waals surface area contributed by atoms with E-state index in [0.29, 0.717) is 6.54 Å². The highest BCUT2D eigenvalue weighted by atomic mass is 16.2. The van der Waals surface area contributed by atoms with Gasteiger partial charge in [-0.1, -0.05) is 18.2 Å². The Kier molecular flexibility index (Phi) is 3.96. The van der Waals surface area contributed by atoms with Crippen molar-refractivity contribution in [1.82, 2.24) is 4.98 Å². The van der Waals surface area contributed by atoms with Crippen molar-refractivity contribution in [1.29, 1.82) is 0 Å². The largest absolute Gasteiger partial charge is 0.362 e. The molecule has 1 aromatic heterocycles. The second-order valence-corrected chi connectivity index (χ2v) is 5.62. The minimum Gasteiger partial charge on any atom is -0.362 e. The number of nitrogens with one attached hydrogen (secondary N) is 1. The summed E-state index contributed by atoms with van der Waals surface area (Å²) in [5.74, 6) is 0.741. The van der Waals surface area contributed by atoms with E-state index < -0.39 is 0 Å². The van der Waals surface area contributed by atoms with Crippen molar-refractivity contribution in [3.63, 3.8) is 0 Å². The van der Waals surface area contributed by atoms with Crippen LogP contribution in [0.25, 0.3) is 0 Å². The van der Waals surface area contributed by atoms with E-state index in [9.17, 15) is 4.79 Å².